The van der Waals surface area contributed by atoms with E-state index in [0.717, 1.165) is 36.2 Å². The number of halogens is 2. The molecule has 2 fully saturated rings. The monoisotopic (exact) mass is 388 g/mol. The highest BCUT2D eigenvalue weighted by Crippen LogP contribution is 2.45. The molecular formula is C16H22BrClN2O2. The van der Waals surface area contributed by atoms with Crippen molar-refractivity contribution in [1.29, 1.82) is 0 Å². The Hall–Kier alpha value is -0.200. The molecule has 1 aliphatic carbocycles. The van der Waals surface area contributed by atoms with Crippen molar-refractivity contribution in [3.8, 4) is 0 Å². The van der Waals surface area contributed by atoms with Gasteiger partial charge in [-0.2, -0.15) is 0 Å². The smallest absolute Gasteiger partial charge is 0.0684 e. The quantitative estimate of drug-likeness (QED) is 0.785. The maximum Gasteiger partial charge on any atom is 0.0684 e. The number of rotatable bonds is 6. The third-order valence-electron chi connectivity index (χ3n) is 4.93. The van der Waals surface area contributed by atoms with Crippen LogP contribution in [0.15, 0.2) is 16.7 Å². The summed E-state index contributed by atoms with van der Waals surface area (Å²) in [7, 11) is 0. The summed E-state index contributed by atoms with van der Waals surface area (Å²) in [5, 5.41) is 14.3. The Morgan fingerprint density at radius 3 is 2.77 bits per heavy atom. The van der Waals surface area contributed by atoms with E-state index < -0.39 is 0 Å². The van der Waals surface area contributed by atoms with Gasteiger partial charge in [0.05, 0.1) is 17.3 Å². The van der Waals surface area contributed by atoms with Gasteiger partial charge >= 0.3 is 0 Å². The number of pyridine rings is 1. The van der Waals surface area contributed by atoms with Gasteiger partial charge in [-0.25, -0.2) is 0 Å². The van der Waals surface area contributed by atoms with Gasteiger partial charge in [-0.1, -0.05) is 11.6 Å². The van der Waals surface area contributed by atoms with Gasteiger partial charge in [-0.15, -0.1) is 0 Å². The van der Waals surface area contributed by atoms with E-state index in [1.807, 2.05) is 6.07 Å². The molecule has 0 amide bonds. The molecule has 122 valence electrons. The lowest BCUT2D eigenvalue weighted by Crippen LogP contribution is -2.51. The fourth-order valence-corrected chi connectivity index (χ4v) is 4.22. The zero-order valence-electron chi connectivity index (χ0n) is 12.5. The lowest BCUT2D eigenvalue weighted by atomic mass is 9.72. The van der Waals surface area contributed by atoms with Crippen molar-refractivity contribution < 1.29 is 9.84 Å². The largest absolute Gasteiger partial charge is 0.396 e. The SMILES string of the molecule is OCC1([C@@H](NCc2ncc(Cl)cc2Br)C2CC2)CCOCC1. The molecule has 1 aromatic heterocycles. The van der Waals surface area contributed by atoms with Gasteiger partial charge in [-0.05, 0) is 53.6 Å². The Kier molecular flexibility index (Phi) is 5.40. The summed E-state index contributed by atoms with van der Waals surface area (Å²) in [6.07, 6.45) is 6.01. The van der Waals surface area contributed by atoms with E-state index in [4.69, 9.17) is 16.3 Å². The molecule has 3 rings (SSSR count). The minimum absolute atomic E-state index is 0.0572. The van der Waals surface area contributed by atoms with Gasteiger partial charge in [0.15, 0.2) is 0 Å². The van der Waals surface area contributed by atoms with Crippen molar-refractivity contribution in [2.75, 3.05) is 19.8 Å². The molecule has 4 nitrogen and oxygen atoms in total. The summed E-state index contributed by atoms with van der Waals surface area (Å²) in [6, 6.07) is 2.19. The number of aromatic nitrogens is 1. The van der Waals surface area contributed by atoms with Crippen LogP contribution in [0.1, 0.15) is 31.4 Å². The van der Waals surface area contributed by atoms with Crippen molar-refractivity contribution in [3.63, 3.8) is 0 Å². The minimum Gasteiger partial charge on any atom is -0.396 e. The lowest BCUT2D eigenvalue weighted by Gasteiger charge is -2.43. The molecule has 0 bridgehead atoms. The van der Waals surface area contributed by atoms with Gasteiger partial charge in [0.1, 0.15) is 0 Å². The van der Waals surface area contributed by atoms with Gasteiger partial charge in [0, 0.05) is 41.9 Å². The van der Waals surface area contributed by atoms with E-state index in [-0.39, 0.29) is 12.0 Å². The second-order valence-corrected chi connectivity index (χ2v) is 7.70. The summed E-state index contributed by atoms with van der Waals surface area (Å²) in [4.78, 5) is 4.39. The van der Waals surface area contributed by atoms with Gasteiger partial charge < -0.3 is 15.2 Å². The van der Waals surface area contributed by atoms with Crippen LogP contribution in [0.5, 0.6) is 0 Å². The number of nitrogens with zero attached hydrogens (tertiary/aromatic N) is 1. The molecule has 6 heteroatoms. The first-order valence-electron chi connectivity index (χ1n) is 7.86. The number of nitrogens with one attached hydrogen (secondary N) is 1. The number of ether oxygens (including phenoxy) is 1. The molecule has 1 aromatic rings. The summed E-state index contributed by atoms with van der Waals surface area (Å²) in [6.45, 7) is 2.39. The molecule has 2 aliphatic rings. The van der Waals surface area contributed by atoms with E-state index in [9.17, 15) is 5.11 Å². The summed E-state index contributed by atoms with van der Waals surface area (Å²) in [5.41, 5.74) is 0.897. The first kappa shape index (κ1) is 16.7. The second kappa shape index (κ2) is 7.14. The highest BCUT2D eigenvalue weighted by atomic mass is 79.9. The first-order chi connectivity index (χ1) is 10.6. The van der Waals surface area contributed by atoms with Crippen LogP contribution in [0.25, 0.3) is 0 Å². The van der Waals surface area contributed by atoms with Crippen LogP contribution in [0.4, 0.5) is 0 Å². The maximum absolute atomic E-state index is 10.0. The molecule has 0 aromatic carbocycles. The number of aliphatic hydroxyl groups is 1. The van der Waals surface area contributed by atoms with Gasteiger partial charge in [0.2, 0.25) is 0 Å². The zero-order valence-corrected chi connectivity index (χ0v) is 14.9. The Morgan fingerprint density at radius 1 is 1.45 bits per heavy atom. The topological polar surface area (TPSA) is 54.4 Å². The Morgan fingerprint density at radius 2 is 2.18 bits per heavy atom. The van der Waals surface area contributed by atoms with Crippen molar-refractivity contribution >= 4 is 27.5 Å². The van der Waals surface area contributed by atoms with Crippen LogP contribution in [0, 0.1) is 11.3 Å². The molecule has 2 N–H and O–H groups in total. The number of hydrogen-bond acceptors (Lipinski definition) is 4. The van der Waals surface area contributed by atoms with Crippen molar-refractivity contribution in [2.45, 2.75) is 38.3 Å². The highest BCUT2D eigenvalue weighted by Gasteiger charge is 2.46. The Bertz CT molecular complexity index is 519. The van der Waals surface area contributed by atoms with E-state index >= 15 is 0 Å². The summed E-state index contributed by atoms with van der Waals surface area (Å²) in [5.74, 6) is 0.663. The fourth-order valence-electron chi connectivity index (χ4n) is 3.44. The zero-order chi connectivity index (χ0) is 15.6. The van der Waals surface area contributed by atoms with Gasteiger partial charge in [-0.3, -0.25) is 4.98 Å². The third-order valence-corrected chi connectivity index (χ3v) is 5.82. The van der Waals surface area contributed by atoms with E-state index in [2.05, 4.69) is 26.2 Å². The molecule has 1 aliphatic heterocycles. The minimum atomic E-state index is -0.0572. The molecule has 1 atom stereocenters. The number of hydrogen-bond donors (Lipinski definition) is 2. The van der Waals surface area contributed by atoms with Crippen LogP contribution >= 0.6 is 27.5 Å². The number of aliphatic hydroxyl groups excluding tert-OH is 1. The molecule has 1 saturated carbocycles. The highest BCUT2D eigenvalue weighted by molar-refractivity contribution is 9.10. The average Bonchev–Trinajstić information content (AvgIpc) is 3.35. The molecule has 0 spiro atoms. The molecular weight excluding hydrogens is 368 g/mol. The van der Waals surface area contributed by atoms with Crippen LogP contribution < -0.4 is 5.32 Å². The normalized spacial score (nSPS) is 22.5. The summed E-state index contributed by atoms with van der Waals surface area (Å²) < 4.78 is 6.42. The van der Waals surface area contributed by atoms with Crippen molar-refractivity contribution in [1.82, 2.24) is 10.3 Å². The van der Waals surface area contributed by atoms with E-state index in [0.29, 0.717) is 23.5 Å². The molecule has 2 heterocycles. The predicted molar refractivity (Wildman–Crippen MR) is 89.9 cm³/mol. The molecule has 0 unspecified atom stereocenters. The van der Waals surface area contributed by atoms with E-state index in [1.165, 1.54) is 12.8 Å². The maximum atomic E-state index is 10.0. The standard InChI is InChI=1S/C16H22BrClN2O2/c17-13-7-12(18)8-19-14(13)9-20-15(11-1-2-11)16(10-21)3-5-22-6-4-16/h7-8,11,15,20-21H,1-6,9-10H2/t15-/m0/s1. The average molecular weight is 390 g/mol. The summed E-state index contributed by atoms with van der Waals surface area (Å²) >= 11 is 9.47. The molecule has 1 saturated heterocycles. The Labute approximate surface area is 144 Å². The van der Waals surface area contributed by atoms with Gasteiger partial charge in [0.25, 0.3) is 0 Å². The molecule has 22 heavy (non-hydrogen) atoms. The van der Waals surface area contributed by atoms with Crippen LogP contribution in [0.3, 0.4) is 0 Å². The fraction of sp³-hybridized carbons (Fsp3) is 0.688. The van der Waals surface area contributed by atoms with Crippen molar-refractivity contribution in [2.24, 2.45) is 11.3 Å². The van der Waals surface area contributed by atoms with Crippen LogP contribution in [-0.4, -0.2) is 36.0 Å². The van der Waals surface area contributed by atoms with Crippen molar-refractivity contribution in [3.05, 3.63) is 27.5 Å². The molecule has 0 radical (unpaired) electrons. The second-order valence-electron chi connectivity index (χ2n) is 6.41. The predicted octanol–water partition coefficient (Wildman–Crippen LogP) is 3.15. The lowest BCUT2D eigenvalue weighted by molar-refractivity contribution is -0.0423. The first-order valence-corrected chi connectivity index (χ1v) is 9.04. The Balaban J connectivity index is 1.71. The van der Waals surface area contributed by atoms with Crippen LogP contribution in [-0.2, 0) is 11.3 Å². The van der Waals surface area contributed by atoms with E-state index in [1.54, 1.807) is 6.20 Å². The van der Waals surface area contributed by atoms with Crippen LogP contribution in [0.2, 0.25) is 5.02 Å². The third kappa shape index (κ3) is 3.65.